The van der Waals surface area contributed by atoms with Gasteiger partial charge in [0.15, 0.2) is 0 Å². The molecule has 1 aliphatic rings. The van der Waals surface area contributed by atoms with Gasteiger partial charge in [0.25, 0.3) is 0 Å². The molecule has 1 fully saturated rings. The van der Waals surface area contributed by atoms with Gasteiger partial charge in [0.05, 0.1) is 29.3 Å². The number of benzene rings is 4. The number of halogens is 1. The van der Waals surface area contributed by atoms with Crippen LogP contribution in [-0.4, -0.2) is 29.6 Å². The first kappa shape index (κ1) is 25.8. The Hall–Kier alpha value is -3.87. The second-order valence-corrected chi connectivity index (χ2v) is 9.78. The van der Waals surface area contributed by atoms with E-state index in [1.165, 1.54) is 4.90 Å². The minimum atomic E-state index is -1.22. The lowest BCUT2D eigenvalue weighted by Gasteiger charge is -2.43. The molecule has 5 rings (SSSR count). The highest BCUT2D eigenvalue weighted by molar-refractivity contribution is 6.33. The van der Waals surface area contributed by atoms with E-state index in [0.717, 1.165) is 33.9 Å². The molecule has 6 nitrogen and oxygen atoms in total. The molecule has 1 aliphatic heterocycles. The van der Waals surface area contributed by atoms with Crippen LogP contribution in [0.4, 0.5) is 4.79 Å². The maximum absolute atomic E-state index is 12.4. The molecule has 0 N–H and O–H groups in total. The predicted molar refractivity (Wildman–Crippen MR) is 144 cm³/mol. The van der Waals surface area contributed by atoms with Crippen molar-refractivity contribution >= 4 is 34.4 Å². The van der Waals surface area contributed by atoms with Crippen molar-refractivity contribution in [1.29, 1.82) is 0 Å². The maximum Gasteiger partial charge on any atom is 0.339 e. The number of amides is 1. The van der Waals surface area contributed by atoms with Crippen LogP contribution < -0.4 is 5.11 Å². The van der Waals surface area contributed by atoms with Gasteiger partial charge in [0, 0.05) is 6.54 Å². The van der Waals surface area contributed by atoms with Gasteiger partial charge in [-0.05, 0) is 58.5 Å². The predicted octanol–water partition coefficient (Wildman–Crippen LogP) is 5.92. The van der Waals surface area contributed by atoms with Crippen LogP contribution >= 0.6 is 11.6 Å². The van der Waals surface area contributed by atoms with E-state index in [-0.39, 0.29) is 12.7 Å². The molecule has 4 aromatic carbocycles. The molecule has 38 heavy (non-hydrogen) atoms. The molecule has 0 radical (unpaired) electrons. The minimum absolute atomic E-state index is 0.0705. The Bertz CT molecular complexity index is 1440. The smallest absolute Gasteiger partial charge is 0.339 e. The lowest BCUT2D eigenvalue weighted by Crippen LogP contribution is -2.50. The molecule has 7 heteroatoms. The molecule has 1 heterocycles. The molecule has 2 unspecified atom stereocenters. The summed E-state index contributed by atoms with van der Waals surface area (Å²) in [5, 5.41) is 14.6. The summed E-state index contributed by atoms with van der Waals surface area (Å²) in [7, 11) is 0. The van der Waals surface area contributed by atoms with Gasteiger partial charge in [-0.3, -0.25) is 0 Å². The van der Waals surface area contributed by atoms with E-state index in [0.29, 0.717) is 30.2 Å². The molecular formula is C31H27ClNO5-. The third-order valence-corrected chi connectivity index (χ3v) is 7.20. The van der Waals surface area contributed by atoms with Gasteiger partial charge in [-0.25, -0.2) is 4.79 Å². The van der Waals surface area contributed by atoms with E-state index < -0.39 is 18.1 Å². The van der Waals surface area contributed by atoms with Crippen molar-refractivity contribution in [1.82, 2.24) is 4.90 Å². The Balaban J connectivity index is 1.28. The minimum Gasteiger partial charge on any atom is -0.530 e. The Morgan fingerprint density at radius 2 is 1.58 bits per heavy atom. The highest BCUT2D eigenvalue weighted by Crippen LogP contribution is 2.34. The van der Waals surface area contributed by atoms with Crippen molar-refractivity contribution in [3.05, 3.63) is 118 Å². The largest absolute Gasteiger partial charge is 0.530 e. The fraction of sp³-hybridized carbons (Fsp3) is 0.226. The molecule has 0 bridgehead atoms. The normalized spacial score (nSPS) is 17.3. The van der Waals surface area contributed by atoms with Crippen LogP contribution in [-0.2, 0) is 22.7 Å². The van der Waals surface area contributed by atoms with Gasteiger partial charge in [-0.1, -0.05) is 84.4 Å². The lowest BCUT2D eigenvalue weighted by molar-refractivity contribution is -0.272. The summed E-state index contributed by atoms with van der Waals surface area (Å²) in [4.78, 5) is 25.7. The summed E-state index contributed by atoms with van der Waals surface area (Å²) in [6, 6.07) is 28.0. The summed E-state index contributed by atoms with van der Waals surface area (Å²) >= 11 is 6.08. The highest BCUT2D eigenvalue weighted by Gasteiger charge is 2.33. The molecule has 1 saturated heterocycles. The second kappa shape index (κ2) is 11.7. The average Bonchev–Trinajstić information content (AvgIpc) is 2.95. The first-order valence-electron chi connectivity index (χ1n) is 12.6. The number of ether oxygens (including phenoxy) is 2. The third kappa shape index (κ3) is 5.82. The van der Waals surface area contributed by atoms with E-state index in [2.05, 4.69) is 24.3 Å². The monoisotopic (exact) mass is 528 g/mol. The van der Waals surface area contributed by atoms with Crippen LogP contribution in [0.1, 0.15) is 45.9 Å². The topological polar surface area (TPSA) is 78.9 Å². The molecule has 0 aliphatic carbocycles. The fourth-order valence-electron chi connectivity index (χ4n) is 4.93. The number of hydrogen-bond donors (Lipinski definition) is 0. The van der Waals surface area contributed by atoms with E-state index in [1.54, 1.807) is 24.3 Å². The number of carbonyl (C=O) groups is 2. The number of rotatable bonds is 7. The summed E-state index contributed by atoms with van der Waals surface area (Å²) < 4.78 is 11.7. The molecule has 2 atom stereocenters. The zero-order valence-corrected chi connectivity index (χ0v) is 21.5. The summed E-state index contributed by atoms with van der Waals surface area (Å²) in [5.74, 6) is -0.503. The van der Waals surface area contributed by atoms with Crippen LogP contribution in [0.25, 0.3) is 10.8 Å². The fourth-order valence-corrected chi connectivity index (χ4v) is 5.14. The lowest BCUT2D eigenvalue weighted by atomic mass is 9.92. The van der Waals surface area contributed by atoms with Gasteiger partial charge >= 0.3 is 5.97 Å². The number of carboxylic acid groups (broad SMARTS) is 1. The van der Waals surface area contributed by atoms with E-state index in [9.17, 15) is 14.7 Å². The van der Waals surface area contributed by atoms with Crippen LogP contribution in [0.3, 0.4) is 0 Å². The quantitative estimate of drug-likeness (QED) is 0.278. The van der Waals surface area contributed by atoms with E-state index >= 15 is 0 Å². The number of fused-ring (bicyclic) bond motifs is 1. The third-order valence-electron chi connectivity index (χ3n) is 6.87. The van der Waals surface area contributed by atoms with Gasteiger partial charge in [-0.2, -0.15) is 0 Å². The second-order valence-electron chi connectivity index (χ2n) is 9.37. The molecule has 1 amide bonds. The Kier molecular flexibility index (Phi) is 7.91. The Morgan fingerprint density at radius 1 is 0.868 bits per heavy atom. The van der Waals surface area contributed by atoms with Gasteiger partial charge in [0.1, 0.15) is 12.7 Å². The number of hydrogen-bond acceptors (Lipinski definition) is 5. The highest BCUT2D eigenvalue weighted by atomic mass is 35.5. The maximum atomic E-state index is 12.4. The van der Waals surface area contributed by atoms with Gasteiger partial charge in [0.2, 0.25) is 0 Å². The van der Waals surface area contributed by atoms with Crippen molar-refractivity contribution in [2.45, 2.75) is 38.2 Å². The summed E-state index contributed by atoms with van der Waals surface area (Å²) in [6.45, 7) is 0.837. The van der Waals surface area contributed by atoms with Gasteiger partial charge in [-0.15, -0.1) is 0 Å². The van der Waals surface area contributed by atoms with Crippen molar-refractivity contribution < 1.29 is 24.2 Å². The average molecular weight is 529 g/mol. The van der Waals surface area contributed by atoms with E-state index in [4.69, 9.17) is 21.1 Å². The van der Waals surface area contributed by atoms with Crippen molar-refractivity contribution in [2.75, 3.05) is 6.54 Å². The molecule has 0 aromatic heterocycles. The van der Waals surface area contributed by atoms with Crippen LogP contribution in [0.15, 0.2) is 91.0 Å². The molecular weight excluding hydrogens is 502 g/mol. The summed E-state index contributed by atoms with van der Waals surface area (Å²) in [6.07, 6.45) is -0.105. The summed E-state index contributed by atoms with van der Waals surface area (Å²) in [5.41, 5.74) is 2.92. The molecule has 194 valence electrons. The number of carbonyl (C=O) groups excluding carboxylic acids is 2. The molecule has 4 aromatic rings. The van der Waals surface area contributed by atoms with Gasteiger partial charge < -0.3 is 24.3 Å². The van der Waals surface area contributed by atoms with Crippen LogP contribution in [0, 0.1) is 0 Å². The molecule has 0 saturated carbocycles. The molecule has 0 spiro atoms. The number of esters is 1. The Morgan fingerprint density at radius 3 is 2.34 bits per heavy atom. The van der Waals surface area contributed by atoms with Crippen molar-refractivity contribution in [2.24, 2.45) is 0 Å². The number of nitrogens with zero attached hydrogens (tertiary/aromatic N) is 1. The zero-order chi connectivity index (χ0) is 26.5. The first-order valence-corrected chi connectivity index (χ1v) is 12.9. The Labute approximate surface area is 226 Å². The number of piperidine rings is 1. The zero-order valence-electron chi connectivity index (χ0n) is 20.7. The van der Waals surface area contributed by atoms with E-state index in [1.807, 2.05) is 42.5 Å². The first-order chi connectivity index (χ1) is 18.5. The van der Waals surface area contributed by atoms with Crippen molar-refractivity contribution in [3.8, 4) is 0 Å². The standard InChI is InChI=1S/C31H28ClNO5/c32-27-9-4-3-8-26(27)30(34)38-19-21-11-15-24(16-12-21)29-28(10-5-17-33(29)31(35)36)37-20-22-13-14-23-6-1-2-7-25(23)18-22/h1-4,6-9,11-16,18,28-29H,5,10,17,19-20H2,(H,35,36)/p-1. The van der Waals surface area contributed by atoms with Crippen LogP contribution in [0.2, 0.25) is 5.02 Å². The SMILES string of the molecule is O=C(OCc1ccc(C2C(OCc3ccc4ccccc4c3)CCCN2C(=O)[O-])cc1)c1ccccc1Cl. The number of likely N-dealkylation sites (tertiary alicyclic amines) is 1. The van der Waals surface area contributed by atoms with Crippen molar-refractivity contribution in [3.63, 3.8) is 0 Å². The van der Waals surface area contributed by atoms with Crippen LogP contribution in [0.5, 0.6) is 0 Å².